The molecule has 3 heteroatoms. The highest BCUT2D eigenvalue weighted by atomic mass is 16.3. The molecule has 0 saturated carbocycles. The smallest absolute Gasteiger partial charge is 0.0845 e. The summed E-state index contributed by atoms with van der Waals surface area (Å²) in [6.45, 7) is 5.53. The molecular formula is C19H24N2O. The Hall–Kier alpha value is -1.84. The predicted octanol–water partition coefficient (Wildman–Crippen LogP) is 3.33. The molecule has 0 bridgehead atoms. The van der Waals surface area contributed by atoms with Gasteiger partial charge in [-0.25, -0.2) is 0 Å². The fraction of sp³-hybridized carbons (Fsp3) is 0.368. The summed E-state index contributed by atoms with van der Waals surface area (Å²) in [7, 11) is 3.98. The van der Waals surface area contributed by atoms with Crippen LogP contribution in [0.2, 0.25) is 0 Å². The molecule has 22 heavy (non-hydrogen) atoms. The number of aliphatic hydroxyl groups is 1. The Morgan fingerprint density at radius 3 is 1.91 bits per heavy atom. The average Bonchev–Trinajstić information content (AvgIpc) is 2.71. The fourth-order valence-electron chi connectivity index (χ4n) is 3.22. The van der Waals surface area contributed by atoms with Crippen LogP contribution in [0.25, 0.3) is 21.8 Å². The van der Waals surface area contributed by atoms with Crippen LogP contribution in [0.3, 0.4) is 0 Å². The van der Waals surface area contributed by atoms with Crippen LogP contribution in [0.15, 0.2) is 36.4 Å². The molecule has 3 aromatic rings. The third-order valence-electron chi connectivity index (χ3n) is 4.15. The first kappa shape index (κ1) is 15.1. The van der Waals surface area contributed by atoms with E-state index < -0.39 is 0 Å². The van der Waals surface area contributed by atoms with E-state index in [4.69, 9.17) is 0 Å². The lowest BCUT2D eigenvalue weighted by Gasteiger charge is -2.18. The molecule has 0 aliphatic carbocycles. The average molecular weight is 296 g/mol. The summed E-state index contributed by atoms with van der Waals surface area (Å²) in [5.74, 6) is 0. The third kappa shape index (κ3) is 2.74. The molecular weight excluding hydrogens is 272 g/mol. The predicted molar refractivity (Wildman–Crippen MR) is 93.5 cm³/mol. The molecule has 1 heterocycles. The maximum atomic E-state index is 10.4. The number of nitrogens with zero attached hydrogens (tertiary/aromatic N) is 2. The molecule has 0 spiro atoms. The van der Waals surface area contributed by atoms with Gasteiger partial charge in [0.05, 0.1) is 12.6 Å². The van der Waals surface area contributed by atoms with Crippen molar-refractivity contribution >= 4 is 21.8 Å². The number of rotatable bonds is 4. The highest BCUT2D eigenvalue weighted by molar-refractivity contribution is 6.08. The molecule has 2 aromatic carbocycles. The number of benzene rings is 2. The minimum atomic E-state index is -0.378. The van der Waals surface area contributed by atoms with Crippen LogP contribution in [0, 0.1) is 13.8 Å². The van der Waals surface area contributed by atoms with E-state index in [0.717, 1.165) is 0 Å². The van der Waals surface area contributed by atoms with Gasteiger partial charge in [-0.1, -0.05) is 23.3 Å². The Morgan fingerprint density at radius 1 is 0.955 bits per heavy atom. The van der Waals surface area contributed by atoms with Crippen LogP contribution in [0.4, 0.5) is 0 Å². The molecule has 0 aliphatic heterocycles. The first-order valence-electron chi connectivity index (χ1n) is 7.77. The van der Waals surface area contributed by atoms with Crippen LogP contribution in [-0.4, -0.2) is 41.3 Å². The van der Waals surface area contributed by atoms with Crippen molar-refractivity contribution in [2.24, 2.45) is 0 Å². The first-order valence-corrected chi connectivity index (χ1v) is 7.77. The van der Waals surface area contributed by atoms with Crippen molar-refractivity contribution in [2.45, 2.75) is 26.5 Å². The van der Waals surface area contributed by atoms with Gasteiger partial charge in [-0.3, -0.25) is 0 Å². The van der Waals surface area contributed by atoms with Gasteiger partial charge in [0.1, 0.15) is 0 Å². The van der Waals surface area contributed by atoms with Gasteiger partial charge in [-0.2, -0.15) is 0 Å². The molecule has 0 fully saturated rings. The Balaban J connectivity index is 2.18. The van der Waals surface area contributed by atoms with Crippen molar-refractivity contribution in [2.75, 3.05) is 20.6 Å². The maximum absolute atomic E-state index is 10.4. The zero-order valence-corrected chi connectivity index (χ0v) is 13.8. The fourth-order valence-corrected chi connectivity index (χ4v) is 3.22. The number of aromatic nitrogens is 1. The van der Waals surface area contributed by atoms with Gasteiger partial charge in [0.15, 0.2) is 0 Å². The Labute approximate surface area is 131 Å². The SMILES string of the molecule is Cc1ccc2c(c1)c1cc(C)ccc1n2CC(O)CN(C)C. The van der Waals surface area contributed by atoms with Crippen molar-refractivity contribution < 1.29 is 5.11 Å². The Kier molecular flexibility index (Phi) is 3.94. The van der Waals surface area contributed by atoms with Crippen LogP contribution >= 0.6 is 0 Å². The van der Waals surface area contributed by atoms with Crippen LogP contribution in [0.5, 0.6) is 0 Å². The van der Waals surface area contributed by atoms with Crippen LogP contribution in [0.1, 0.15) is 11.1 Å². The standard InChI is InChI=1S/C19H24N2O/c1-13-5-7-18-16(9-13)17-10-14(2)6-8-19(17)21(18)12-15(22)11-20(3)4/h5-10,15,22H,11-12H2,1-4H3. The minimum Gasteiger partial charge on any atom is -0.390 e. The zero-order chi connectivity index (χ0) is 15.9. The second-order valence-electron chi connectivity index (χ2n) is 6.57. The molecule has 3 nitrogen and oxygen atoms in total. The van der Waals surface area contributed by atoms with Crippen molar-refractivity contribution in [1.82, 2.24) is 9.47 Å². The van der Waals surface area contributed by atoms with Gasteiger partial charge >= 0.3 is 0 Å². The molecule has 0 radical (unpaired) electrons. The van der Waals surface area contributed by atoms with Gasteiger partial charge in [-0.15, -0.1) is 0 Å². The lowest BCUT2D eigenvalue weighted by molar-refractivity contribution is 0.122. The minimum absolute atomic E-state index is 0.378. The van der Waals surface area contributed by atoms with Gasteiger partial charge in [-0.05, 0) is 52.2 Å². The summed E-state index contributed by atoms with van der Waals surface area (Å²) in [5.41, 5.74) is 4.93. The van der Waals surface area contributed by atoms with E-state index in [-0.39, 0.29) is 6.10 Å². The number of aryl methyl sites for hydroxylation is 2. The molecule has 1 aromatic heterocycles. The van der Waals surface area contributed by atoms with Gasteiger partial charge < -0.3 is 14.6 Å². The summed E-state index contributed by atoms with van der Waals surface area (Å²) >= 11 is 0. The topological polar surface area (TPSA) is 28.4 Å². The second kappa shape index (κ2) is 5.75. The molecule has 1 atom stereocenters. The Bertz CT molecular complexity index is 758. The maximum Gasteiger partial charge on any atom is 0.0845 e. The summed E-state index contributed by atoms with van der Waals surface area (Å²) < 4.78 is 2.25. The van der Waals surface area contributed by atoms with E-state index in [2.05, 4.69) is 54.8 Å². The largest absolute Gasteiger partial charge is 0.390 e. The molecule has 0 saturated heterocycles. The summed E-state index contributed by atoms with van der Waals surface area (Å²) in [6.07, 6.45) is -0.378. The molecule has 3 rings (SSSR count). The summed E-state index contributed by atoms with van der Waals surface area (Å²) in [6, 6.07) is 13.1. The Morgan fingerprint density at radius 2 is 1.45 bits per heavy atom. The van der Waals surface area contributed by atoms with E-state index in [9.17, 15) is 5.11 Å². The van der Waals surface area contributed by atoms with Crippen LogP contribution in [-0.2, 0) is 6.54 Å². The van der Waals surface area contributed by atoms with Crippen molar-refractivity contribution in [3.8, 4) is 0 Å². The highest BCUT2D eigenvalue weighted by Gasteiger charge is 2.14. The third-order valence-corrected chi connectivity index (χ3v) is 4.15. The van der Waals surface area contributed by atoms with E-state index in [0.29, 0.717) is 13.1 Å². The van der Waals surface area contributed by atoms with E-state index in [1.165, 1.54) is 32.9 Å². The van der Waals surface area contributed by atoms with Crippen molar-refractivity contribution in [3.05, 3.63) is 47.5 Å². The quantitative estimate of drug-likeness (QED) is 0.800. The molecule has 0 aliphatic rings. The monoisotopic (exact) mass is 296 g/mol. The normalized spacial score (nSPS) is 13.4. The molecule has 116 valence electrons. The van der Waals surface area contributed by atoms with Crippen molar-refractivity contribution in [1.29, 1.82) is 0 Å². The molecule has 1 unspecified atom stereocenters. The van der Waals surface area contributed by atoms with Crippen LogP contribution < -0.4 is 0 Å². The number of hydrogen-bond donors (Lipinski definition) is 1. The van der Waals surface area contributed by atoms with Gasteiger partial charge in [0.2, 0.25) is 0 Å². The van der Waals surface area contributed by atoms with E-state index in [1.54, 1.807) is 0 Å². The highest BCUT2D eigenvalue weighted by Crippen LogP contribution is 2.30. The number of likely N-dealkylation sites (N-methyl/N-ethyl adjacent to an activating group) is 1. The summed E-state index contributed by atoms with van der Waals surface area (Å²) in [4.78, 5) is 2.02. The number of fused-ring (bicyclic) bond motifs is 3. The lowest BCUT2D eigenvalue weighted by atomic mass is 10.1. The second-order valence-corrected chi connectivity index (χ2v) is 6.57. The van der Waals surface area contributed by atoms with Crippen molar-refractivity contribution in [3.63, 3.8) is 0 Å². The van der Waals surface area contributed by atoms with E-state index >= 15 is 0 Å². The summed E-state index contributed by atoms with van der Waals surface area (Å²) in [5, 5.41) is 12.9. The van der Waals surface area contributed by atoms with Gasteiger partial charge in [0, 0.05) is 28.4 Å². The molecule has 0 amide bonds. The van der Waals surface area contributed by atoms with E-state index in [1.807, 2.05) is 19.0 Å². The van der Waals surface area contributed by atoms with Gasteiger partial charge in [0.25, 0.3) is 0 Å². The first-order chi connectivity index (χ1) is 10.5. The lowest BCUT2D eigenvalue weighted by Crippen LogP contribution is -2.29. The molecule has 1 N–H and O–H groups in total. The zero-order valence-electron chi connectivity index (χ0n) is 13.8. The number of hydrogen-bond acceptors (Lipinski definition) is 2. The number of aliphatic hydroxyl groups excluding tert-OH is 1.